The minimum atomic E-state index is -0.544. The molecule has 196 valence electrons. The number of ether oxygens (including phenoxy) is 1. The van der Waals surface area contributed by atoms with Crippen LogP contribution in [-0.4, -0.2) is 86.4 Å². The van der Waals surface area contributed by atoms with Crippen LogP contribution in [0.25, 0.3) is 33.2 Å². The highest BCUT2D eigenvalue weighted by Gasteiger charge is 2.27. The van der Waals surface area contributed by atoms with E-state index in [-0.39, 0.29) is 17.3 Å². The highest BCUT2D eigenvalue weighted by atomic mass is 16.5. The number of aromatic nitrogens is 5. The number of carbonyl (C=O) groups excluding carboxylic acids is 1. The predicted molar refractivity (Wildman–Crippen MR) is 140 cm³/mol. The summed E-state index contributed by atoms with van der Waals surface area (Å²) in [5.41, 5.74) is 1.85. The summed E-state index contributed by atoms with van der Waals surface area (Å²) in [6.07, 6.45) is 4.24. The van der Waals surface area contributed by atoms with Crippen LogP contribution in [0.4, 0.5) is 5.82 Å². The smallest absolute Gasteiger partial charge is 0.329 e. The van der Waals surface area contributed by atoms with Crippen LogP contribution >= 0.6 is 0 Å². The lowest BCUT2D eigenvalue weighted by molar-refractivity contribution is -0.135. The molecule has 38 heavy (non-hydrogen) atoms. The van der Waals surface area contributed by atoms with Crippen LogP contribution in [0, 0.1) is 0 Å². The lowest BCUT2D eigenvalue weighted by Gasteiger charge is -2.33. The molecule has 0 unspecified atom stereocenters. The molecule has 2 aliphatic rings. The molecular weight excluding hydrogens is 490 g/mol. The maximum Gasteiger partial charge on any atom is 0.329 e. The number of morpholine rings is 1. The van der Waals surface area contributed by atoms with E-state index < -0.39 is 17.9 Å². The Morgan fingerprint density at radius 3 is 2.53 bits per heavy atom. The van der Waals surface area contributed by atoms with Crippen molar-refractivity contribution in [3.63, 3.8) is 0 Å². The Labute approximate surface area is 216 Å². The number of aliphatic hydroxyl groups is 1. The molecule has 0 spiro atoms. The van der Waals surface area contributed by atoms with E-state index in [1.807, 2.05) is 24.3 Å². The molecule has 2 saturated heterocycles. The highest BCUT2D eigenvalue weighted by Crippen LogP contribution is 2.29. The minimum Gasteiger partial charge on any atom is -0.387 e. The van der Waals surface area contributed by atoms with Gasteiger partial charge in [0.15, 0.2) is 0 Å². The molecule has 2 fully saturated rings. The van der Waals surface area contributed by atoms with Gasteiger partial charge in [0.1, 0.15) is 17.9 Å². The second kappa shape index (κ2) is 9.95. The molecule has 12 nitrogen and oxygen atoms in total. The third-order valence-electron chi connectivity index (χ3n) is 7.31. The van der Waals surface area contributed by atoms with E-state index >= 15 is 0 Å². The molecule has 2 N–H and O–H groups in total. The zero-order chi connectivity index (χ0) is 26.2. The Morgan fingerprint density at radius 2 is 1.82 bits per heavy atom. The number of hydrogen-bond acceptors (Lipinski definition) is 9. The van der Waals surface area contributed by atoms with Crippen molar-refractivity contribution in [2.45, 2.75) is 18.9 Å². The first-order valence-corrected chi connectivity index (χ1v) is 12.7. The summed E-state index contributed by atoms with van der Waals surface area (Å²) < 4.78 is 7.00. The van der Waals surface area contributed by atoms with Gasteiger partial charge in [-0.2, -0.15) is 0 Å². The Bertz CT molecular complexity index is 1620. The molecule has 2 aliphatic heterocycles. The molecule has 6 heterocycles. The fourth-order valence-corrected chi connectivity index (χ4v) is 5.29. The van der Waals surface area contributed by atoms with Crippen molar-refractivity contribution in [2.75, 3.05) is 50.9 Å². The van der Waals surface area contributed by atoms with Gasteiger partial charge in [-0.15, -0.1) is 0 Å². The second-order valence-corrected chi connectivity index (χ2v) is 9.49. The fourth-order valence-electron chi connectivity index (χ4n) is 5.29. The number of carbonyl (C=O) groups is 1. The number of aromatic amines is 1. The van der Waals surface area contributed by atoms with Crippen LogP contribution < -0.4 is 16.1 Å². The number of aliphatic hydroxyl groups excluding tert-OH is 1. The van der Waals surface area contributed by atoms with E-state index in [9.17, 15) is 19.5 Å². The summed E-state index contributed by atoms with van der Waals surface area (Å²) in [6, 6.07) is 7.33. The standard InChI is InChI=1S/C26H27N7O5/c34-15-22(35)32-7-5-17(6-8-32)33-24-18(25(36)30-26(33)37)14-27-20-3-2-19(29-23(20)24)16-1-4-21(28-13-16)31-9-11-38-12-10-31/h1-4,13-14,17,34H,5-12,15H2,(H,30,36,37). The third-order valence-corrected chi connectivity index (χ3v) is 7.31. The number of anilines is 1. The van der Waals surface area contributed by atoms with Gasteiger partial charge in [0.25, 0.3) is 5.56 Å². The number of nitrogens with one attached hydrogen (secondary N) is 1. The summed E-state index contributed by atoms with van der Waals surface area (Å²) in [5, 5.41) is 9.47. The first kappa shape index (κ1) is 24.2. The number of pyridine rings is 3. The number of H-pyrrole nitrogens is 1. The van der Waals surface area contributed by atoms with Crippen molar-refractivity contribution in [3.05, 3.63) is 57.5 Å². The molecule has 6 rings (SSSR count). The second-order valence-electron chi connectivity index (χ2n) is 9.49. The van der Waals surface area contributed by atoms with Crippen molar-refractivity contribution in [1.82, 2.24) is 29.4 Å². The van der Waals surface area contributed by atoms with Gasteiger partial charge in [0.05, 0.1) is 35.3 Å². The number of fused-ring (bicyclic) bond motifs is 3. The van der Waals surface area contributed by atoms with Crippen LogP contribution in [0.2, 0.25) is 0 Å². The van der Waals surface area contributed by atoms with Gasteiger partial charge in [-0.25, -0.2) is 14.8 Å². The average Bonchev–Trinajstić information content (AvgIpc) is 2.97. The average molecular weight is 518 g/mol. The quantitative estimate of drug-likeness (QED) is 0.373. The van der Waals surface area contributed by atoms with Crippen molar-refractivity contribution >= 4 is 33.7 Å². The van der Waals surface area contributed by atoms with Gasteiger partial charge in [-0.1, -0.05) is 0 Å². The largest absolute Gasteiger partial charge is 0.387 e. The van der Waals surface area contributed by atoms with E-state index in [0.29, 0.717) is 61.4 Å². The molecule has 0 radical (unpaired) electrons. The first-order chi connectivity index (χ1) is 18.5. The summed E-state index contributed by atoms with van der Waals surface area (Å²) >= 11 is 0. The van der Waals surface area contributed by atoms with Crippen molar-refractivity contribution in [2.24, 2.45) is 0 Å². The number of amides is 1. The van der Waals surface area contributed by atoms with Gasteiger partial charge in [0, 0.05) is 50.2 Å². The van der Waals surface area contributed by atoms with E-state index in [2.05, 4.69) is 19.9 Å². The number of rotatable bonds is 4. The summed E-state index contributed by atoms with van der Waals surface area (Å²) in [7, 11) is 0. The topological polar surface area (TPSA) is 147 Å². The SMILES string of the molecule is O=C(CO)N1CCC(n2c(=O)[nH]c(=O)c3cnc4ccc(-c5ccc(N6CCOCC6)nc5)nc4c32)CC1. The van der Waals surface area contributed by atoms with Gasteiger partial charge >= 0.3 is 5.69 Å². The van der Waals surface area contributed by atoms with Crippen LogP contribution in [-0.2, 0) is 9.53 Å². The third kappa shape index (κ3) is 4.31. The Balaban J connectivity index is 1.43. The van der Waals surface area contributed by atoms with Crippen LogP contribution in [0.15, 0.2) is 46.2 Å². The lowest BCUT2D eigenvalue weighted by Crippen LogP contribution is -2.43. The molecule has 0 aliphatic carbocycles. The molecule has 12 heteroatoms. The number of nitrogens with zero attached hydrogens (tertiary/aromatic N) is 6. The van der Waals surface area contributed by atoms with Crippen molar-refractivity contribution < 1.29 is 14.6 Å². The van der Waals surface area contributed by atoms with E-state index in [1.165, 1.54) is 6.20 Å². The molecular formula is C26H27N7O5. The van der Waals surface area contributed by atoms with Gasteiger partial charge in [-0.3, -0.25) is 24.1 Å². The normalized spacial score (nSPS) is 16.9. The number of piperidine rings is 1. The molecule has 4 aromatic rings. The Hall–Kier alpha value is -4.16. The minimum absolute atomic E-state index is 0.255. The first-order valence-electron chi connectivity index (χ1n) is 12.7. The monoisotopic (exact) mass is 517 g/mol. The maximum absolute atomic E-state index is 13.1. The summed E-state index contributed by atoms with van der Waals surface area (Å²) in [5.74, 6) is 0.535. The molecule has 0 atom stereocenters. The molecule has 0 aromatic carbocycles. The van der Waals surface area contributed by atoms with Crippen LogP contribution in [0.1, 0.15) is 18.9 Å². The molecule has 0 bridgehead atoms. The van der Waals surface area contributed by atoms with Gasteiger partial charge in [-0.05, 0) is 37.1 Å². The van der Waals surface area contributed by atoms with E-state index in [0.717, 1.165) is 24.5 Å². The molecule has 1 amide bonds. The van der Waals surface area contributed by atoms with Gasteiger partial charge in [0.2, 0.25) is 5.91 Å². The van der Waals surface area contributed by atoms with Crippen LogP contribution in [0.5, 0.6) is 0 Å². The summed E-state index contributed by atoms with van der Waals surface area (Å²) in [4.78, 5) is 57.9. The van der Waals surface area contributed by atoms with E-state index in [1.54, 1.807) is 15.7 Å². The Kier molecular flexibility index (Phi) is 6.34. The van der Waals surface area contributed by atoms with Crippen LogP contribution in [0.3, 0.4) is 0 Å². The molecule has 0 saturated carbocycles. The predicted octanol–water partition coefficient (Wildman–Crippen LogP) is 0.687. The van der Waals surface area contributed by atoms with E-state index in [4.69, 9.17) is 9.72 Å². The fraction of sp³-hybridized carbons (Fsp3) is 0.385. The van der Waals surface area contributed by atoms with Crippen molar-refractivity contribution in [3.8, 4) is 11.3 Å². The summed E-state index contributed by atoms with van der Waals surface area (Å²) in [6.45, 7) is 3.19. The lowest BCUT2D eigenvalue weighted by atomic mass is 10.0. The molecule has 4 aromatic heterocycles. The zero-order valence-electron chi connectivity index (χ0n) is 20.7. The number of hydrogen-bond donors (Lipinski definition) is 2. The highest BCUT2D eigenvalue weighted by molar-refractivity contribution is 6.01. The Morgan fingerprint density at radius 1 is 1.03 bits per heavy atom. The number of likely N-dealkylation sites (tertiary alicyclic amines) is 1. The van der Waals surface area contributed by atoms with Gasteiger partial charge < -0.3 is 19.6 Å². The zero-order valence-corrected chi connectivity index (χ0v) is 20.7. The maximum atomic E-state index is 13.1. The van der Waals surface area contributed by atoms with Crippen molar-refractivity contribution in [1.29, 1.82) is 0 Å².